The van der Waals surface area contributed by atoms with Crippen molar-refractivity contribution >= 4 is 46.5 Å². The molecule has 2 aliphatic rings. The van der Waals surface area contributed by atoms with Gasteiger partial charge in [0.25, 0.3) is 0 Å². The summed E-state index contributed by atoms with van der Waals surface area (Å²) in [6.45, 7) is 2.24. The van der Waals surface area contributed by atoms with Crippen molar-refractivity contribution in [2.75, 3.05) is 24.3 Å². The van der Waals surface area contributed by atoms with Crippen LogP contribution in [-0.4, -0.2) is 46.4 Å². The molecule has 3 aromatic rings. The fourth-order valence-electron chi connectivity index (χ4n) is 5.15. The van der Waals surface area contributed by atoms with Gasteiger partial charge < -0.3 is 19.9 Å². The minimum atomic E-state index is -0.624. The largest absolute Gasteiger partial charge is 0.453 e. The average molecular weight is 566 g/mol. The second-order valence-corrected chi connectivity index (χ2v) is 10.4. The molecule has 3 heterocycles. The Kier molecular flexibility index (Phi) is 7.88. The molecule has 40 heavy (non-hydrogen) atoms. The van der Waals surface area contributed by atoms with Crippen LogP contribution in [0.3, 0.4) is 0 Å². The lowest BCUT2D eigenvalue weighted by Gasteiger charge is -2.33. The minimum Gasteiger partial charge on any atom is -0.453 e. The highest BCUT2D eigenvalue weighted by molar-refractivity contribution is 6.31. The Morgan fingerprint density at radius 2 is 2.02 bits per heavy atom. The first-order valence-corrected chi connectivity index (χ1v) is 13.4. The normalized spacial score (nSPS) is 19.5. The van der Waals surface area contributed by atoms with Crippen LogP contribution in [0.25, 0.3) is 16.8 Å². The van der Waals surface area contributed by atoms with Crippen LogP contribution in [0.1, 0.15) is 50.0 Å². The highest BCUT2D eigenvalue weighted by Gasteiger charge is 2.31. The van der Waals surface area contributed by atoms with Crippen LogP contribution in [0.2, 0.25) is 5.02 Å². The van der Waals surface area contributed by atoms with Gasteiger partial charge in [0, 0.05) is 35.4 Å². The highest BCUT2D eigenvalue weighted by Crippen LogP contribution is 2.36. The quantitative estimate of drug-likeness (QED) is 0.351. The maximum atomic E-state index is 14.6. The number of hydrogen-bond acceptors (Lipinski definition) is 5. The van der Waals surface area contributed by atoms with E-state index in [-0.39, 0.29) is 28.8 Å². The van der Waals surface area contributed by atoms with Crippen LogP contribution in [0, 0.1) is 11.7 Å². The fraction of sp³-hybridized carbons (Fsp3) is 0.310. The molecule has 0 aliphatic carbocycles. The zero-order valence-corrected chi connectivity index (χ0v) is 22.8. The Hall–Kier alpha value is -4.18. The summed E-state index contributed by atoms with van der Waals surface area (Å²) in [6, 6.07) is 9.54. The van der Waals surface area contributed by atoms with Crippen LogP contribution in [0.15, 0.2) is 48.7 Å². The summed E-state index contributed by atoms with van der Waals surface area (Å²) in [6.07, 6.45) is 4.85. The monoisotopic (exact) mass is 565 g/mol. The number of nitrogens with one attached hydrogen (secondary N) is 3. The third kappa shape index (κ3) is 5.58. The molecule has 2 unspecified atom stereocenters. The van der Waals surface area contributed by atoms with Crippen molar-refractivity contribution in [1.82, 2.24) is 14.9 Å². The van der Waals surface area contributed by atoms with Crippen molar-refractivity contribution in [2.45, 2.75) is 38.6 Å². The van der Waals surface area contributed by atoms with Crippen molar-refractivity contribution in [3.05, 3.63) is 70.9 Å². The van der Waals surface area contributed by atoms with Gasteiger partial charge in [-0.15, -0.1) is 0 Å². The van der Waals surface area contributed by atoms with Gasteiger partial charge in [-0.1, -0.05) is 37.1 Å². The van der Waals surface area contributed by atoms with E-state index < -0.39 is 11.9 Å². The second kappa shape index (κ2) is 11.5. The van der Waals surface area contributed by atoms with Crippen LogP contribution >= 0.6 is 11.6 Å². The molecule has 11 heteroatoms. The first-order chi connectivity index (χ1) is 19.2. The van der Waals surface area contributed by atoms with Crippen LogP contribution in [0.4, 0.5) is 20.6 Å². The summed E-state index contributed by atoms with van der Waals surface area (Å²) in [5, 5.41) is 5.61. The fourth-order valence-corrected chi connectivity index (χ4v) is 5.32. The van der Waals surface area contributed by atoms with Gasteiger partial charge in [0.1, 0.15) is 11.6 Å². The molecular formula is C29H29ClFN5O4. The molecule has 5 rings (SSSR count). The number of amides is 3. The Labute approximate surface area is 235 Å². The molecule has 0 fully saturated rings. The van der Waals surface area contributed by atoms with E-state index in [1.807, 2.05) is 6.92 Å². The number of anilines is 2. The van der Waals surface area contributed by atoms with Crippen LogP contribution in [-0.2, 0) is 14.3 Å². The first kappa shape index (κ1) is 27.4. The van der Waals surface area contributed by atoms with Gasteiger partial charge in [0.2, 0.25) is 11.8 Å². The predicted octanol–water partition coefficient (Wildman–Crippen LogP) is 6.16. The van der Waals surface area contributed by atoms with Gasteiger partial charge in [-0.3, -0.25) is 14.9 Å². The standard InChI is InChI=1S/C29H29ClFN5O4/c1-16-5-3-8-24(36-12-11-17(13-25(36)37)19-6-4-7-21(30)26(19)31)27-32-15-23(34-27)20-10-9-18(33-29(39)40-2)14-22(20)35-28(16)38/h4,6-7,9-10,13-16,24H,3,5,8,11-12H2,1-2H3,(H,32,34)(H,33,39)(H,35,38). The maximum Gasteiger partial charge on any atom is 0.411 e. The topological polar surface area (TPSA) is 116 Å². The van der Waals surface area contributed by atoms with E-state index in [4.69, 9.17) is 11.6 Å². The Bertz CT molecular complexity index is 1500. The van der Waals surface area contributed by atoms with Crippen molar-refractivity contribution in [3.63, 3.8) is 0 Å². The van der Waals surface area contributed by atoms with E-state index in [9.17, 15) is 18.8 Å². The van der Waals surface area contributed by atoms with Crippen LogP contribution < -0.4 is 10.6 Å². The number of hydrogen-bond donors (Lipinski definition) is 3. The number of halogens is 2. The lowest BCUT2D eigenvalue weighted by Crippen LogP contribution is -2.38. The van der Waals surface area contributed by atoms with E-state index in [0.29, 0.717) is 71.8 Å². The van der Waals surface area contributed by atoms with Gasteiger partial charge in [-0.05, 0) is 49.1 Å². The predicted molar refractivity (Wildman–Crippen MR) is 150 cm³/mol. The van der Waals surface area contributed by atoms with Gasteiger partial charge in [0.15, 0.2) is 0 Å². The number of H-pyrrole nitrogens is 1. The summed E-state index contributed by atoms with van der Waals surface area (Å²) in [5.74, 6) is -0.592. The Balaban J connectivity index is 1.48. The molecule has 0 spiro atoms. The minimum absolute atomic E-state index is 0.0161. The zero-order valence-electron chi connectivity index (χ0n) is 22.1. The lowest BCUT2D eigenvalue weighted by molar-refractivity contribution is -0.129. The highest BCUT2D eigenvalue weighted by atomic mass is 35.5. The number of rotatable bonds is 3. The van der Waals surface area contributed by atoms with Gasteiger partial charge >= 0.3 is 6.09 Å². The van der Waals surface area contributed by atoms with E-state index >= 15 is 0 Å². The number of fused-ring (bicyclic) bond motifs is 4. The van der Waals surface area contributed by atoms with Crippen molar-refractivity contribution < 1.29 is 23.5 Å². The number of imidazole rings is 1. The molecule has 3 amide bonds. The molecule has 2 aliphatic heterocycles. The summed E-state index contributed by atoms with van der Waals surface area (Å²) >= 11 is 5.97. The molecule has 208 valence electrons. The van der Waals surface area contributed by atoms with Gasteiger partial charge in [0.05, 0.1) is 35.8 Å². The third-order valence-corrected chi connectivity index (χ3v) is 7.64. The number of benzene rings is 2. The van der Waals surface area contributed by atoms with Crippen molar-refractivity contribution in [3.8, 4) is 11.3 Å². The number of carbonyl (C=O) groups excluding carboxylic acids is 3. The number of carbonyl (C=O) groups is 3. The molecule has 0 saturated carbocycles. The second-order valence-electron chi connectivity index (χ2n) is 9.95. The van der Waals surface area contributed by atoms with E-state index in [1.54, 1.807) is 41.4 Å². The summed E-state index contributed by atoms with van der Waals surface area (Å²) in [7, 11) is 1.27. The molecular weight excluding hydrogens is 537 g/mol. The summed E-state index contributed by atoms with van der Waals surface area (Å²) in [5.41, 5.74) is 3.22. The molecule has 9 nitrogen and oxygen atoms in total. The number of aromatic nitrogens is 2. The summed E-state index contributed by atoms with van der Waals surface area (Å²) < 4.78 is 19.3. The maximum absolute atomic E-state index is 14.6. The molecule has 2 aromatic carbocycles. The van der Waals surface area contributed by atoms with E-state index in [2.05, 4.69) is 25.3 Å². The number of nitrogens with zero attached hydrogens (tertiary/aromatic N) is 2. The van der Waals surface area contributed by atoms with Crippen molar-refractivity contribution in [1.29, 1.82) is 0 Å². The van der Waals surface area contributed by atoms with E-state index in [1.165, 1.54) is 19.3 Å². The molecule has 1 aromatic heterocycles. The van der Waals surface area contributed by atoms with Crippen molar-refractivity contribution in [2.24, 2.45) is 5.92 Å². The molecule has 3 N–H and O–H groups in total. The molecule has 0 saturated heterocycles. The molecule has 2 bridgehead atoms. The number of ether oxygens (including phenoxy) is 1. The van der Waals surface area contributed by atoms with Gasteiger partial charge in [-0.2, -0.15) is 0 Å². The smallest absolute Gasteiger partial charge is 0.411 e. The first-order valence-electron chi connectivity index (χ1n) is 13.1. The van der Waals surface area contributed by atoms with E-state index in [0.717, 1.165) is 0 Å². The summed E-state index contributed by atoms with van der Waals surface area (Å²) in [4.78, 5) is 47.9. The average Bonchev–Trinajstić information content (AvgIpc) is 3.42. The van der Waals surface area contributed by atoms with Gasteiger partial charge in [-0.25, -0.2) is 14.2 Å². The third-order valence-electron chi connectivity index (χ3n) is 7.35. The molecule has 0 radical (unpaired) electrons. The Morgan fingerprint density at radius 3 is 2.80 bits per heavy atom. The number of aromatic amines is 1. The SMILES string of the molecule is COC(=O)Nc1ccc2c(c1)NC(=O)C(C)CCCC(N1CCC(c3cccc(Cl)c3F)=CC1=O)c1ncc-2[nH]1. The number of methoxy groups -OCH3 is 1. The molecule has 2 atom stereocenters. The Morgan fingerprint density at radius 1 is 1.20 bits per heavy atom. The van der Waals surface area contributed by atoms with Crippen LogP contribution in [0.5, 0.6) is 0 Å². The zero-order chi connectivity index (χ0) is 28.4. The lowest BCUT2D eigenvalue weighted by atomic mass is 9.95.